The summed E-state index contributed by atoms with van der Waals surface area (Å²) in [7, 11) is 0. The third-order valence-electron chi connectivity index (χ3n) is 0.688. The Morgan fingerprint density at radius 2 is 1.38 bits per heavy atom. The highest BCUT2D eigenvalue weighted by Crippen LogP contribution is 2.02. The van der Waals surface area contributed by atoms with Gasteiger partial charge >= 0.3 is 0 Å². The number of hydrogen-bond acceptors (Lipinski definition) is 4. The fraction of sp³-hybridized carbons (Fsp3) is 0. The van der Waals surface area contributed by atoms with Crippen molar-refractivity contribution in [2.75, 3.05) is 0 Å². The summed E-state index contributed by atoms with van der Waals surface area (Å²) in [4.78, 5) is 0. The molecular formula is C4H6N2O2. The van der Waals surface area contributed by atoms with E-state index >= 15 is 0 Å². The largest absolute Gasteiger partial charge is 0.441 e. The summed E-state index contributed by atoms with van der Waals surface area (Å²) >= 11 is 0. The first kappa shape index (κ1) is 4.83. The van der Waals surface area contributed by atoms with Crippen LogP contribution in [0.3, 0.4) is 0 Å². The van der Waals surface area contributed by atoms with E-state index in [-0.39, 0.29) is 11.8 Å². The number of ether oxygens (including phenoxy) is 2. The molecule has 4 nitrogen and oxygen atoms in total. The van der Waals surface area contributed by atoms with E-state index in [1.165, 1.54) is 12.5 Å². The molecule has 4 heteroatoms. The maximum Gasteiger partial charge on any atom is 0.251 e. The normalized spacial score (nSPS) is 17.5. The van der Waals surface area contributed by atoms with Gasteiger partial charge in [-0.25, -0.2) is 0 Å². The molecular weight excluding hydrogens is 108 g/mol. The van der Waals surface area contributed by atoms with Gasteiger partial charge in [-0.05, 0) is 0 Å². The van der Waals surface area contributed by atoms with E-state index in [1.54, 1.807) is 0 Å². The van der Waals surface area contributed by atoms with Gasteiger partial charge in [0.2, 0.25) is 0 Å². The Kier molecular flexibility index (Phi) is 0.997. The van der Waals surface area contributed by atoms with E-state index in [1.807, 2.05) is 0 Å². The summed E-state index contributed by atoms with van der Waals surface area (Å²) in [6.45, 7) is 0. The maximum atomic E-state index is 5.13. The average Bonchev–Trinajstić information content (AvgIpc) is 1.77. The first-order valence-corrected chi connectivity index (χ1v) is 2.04. The number of rotatable bonds is 0. The number of hydrogen-bond donors (Lipinski definition) is 2. The molecule has 0 bridgehead atoms. The van der Waals surface area contributed by atoms with Crippen molar-refractivity contribution in [2.24, 2.45) is 11.5 Å². The SMILES string of the molecule is NC1=C(N)OC=CO1. The fourth-order valence-corrected chi connectivity index (χ4v) is 0.318. The van der Waals surface area contributed by atoms with Gasteiger partial charge in [0.15, 0.2) is 0 Å². The van der Waals surface area contributed by atoms with Crippen molar-refractivity contribution in [3.63, 3.8) is 0 Å². The van der Waals surface area contributed by atoms with Crippen LogP contribution in [-0.2, 0) is 9.47 Å². The van der Waals surface area contributed by atoms with E-state index < -0.39 is 0 Å². The van der Waals surface area contributed by atoms with E-state index in [2.05, 4.69) is 9.47 Å². The van der Waals surface area contributed by atoms with Crippen LogP contribution in [0.4, 0.5) is 0 Å². The molecule has 0 aromatic rings. The lowest BCUT2D eigenvalue weighted by atomic mass is 10.7. The van der Waals surface area contributed by atoms with Crippen molar-refractivity contribution in [3.05, 3.63) is 24.3 Å². The topological polar surface area (TPSA) is 70.5 Å². The molecule has 1 rings (SSSR count). The van der Waals surface area contributed by atoms with Crippen LogP contribution in [0.2, 0.25) is 0 Å². The summed E-state index contributed by atoms with van der Waals surface area (Å²) in [6, 6.07) is 0. The van der Waals surface area contributed by atoms with Gasteiger partial charge in [0.25, 0.3) is 11.8 Å². The Balaban J connectivity index is 2.67. The second-order valence-corrected chi connectivity index (χ2v) is 1.24. The summed E-state index contributed by atoms with van der Waals surface area (Å²) in [5.41, 5.74) is 10.3. The Morgan fingerprint density at radius 1 is 1.00 bits per heavy atom. The van der Waals surface area contributed by atoms with Crippen LogP contribution in [0.5, 0.6) is 0 Å². The van der Waals surface area contributed by atoms with E-state index in [9.17, 15) is 0 Å². The van der Waals surface area contributed by atoms with Crippen molar-refractivity contribution in [2.45, 2.75) is 0 Å². The number of nitrogens with two attached hydrogens (primary N) is 2. The van der Waals surface area contributed by atoms with Crippen LogP contribution in [0.15, 0.2) is 24.3 Å². The summed E-state index contributed by atoms with van der Waals surface area (Å²) in [5.74, 6) is 0.208. The molecule has 0 fully saturated rings. The van der Waals surface area contributed by atoms with Crippen molar-refractivity contribution in [1.29, 1.82) is 0 Å². The van der Waals surface area contributed by atoms with Gasteiger partial charge in [0.1, 0.15) is 12.5 Å². The zero-order valence-corrected chi connectivity index (χ0v) is 4.13. The highest BCUT2D eigenvalue weighted by Gasteiger charge is 2.01. The third kappa shape index (κ3) is 0.676. The van der Waals surface area contributed by atoms with Crippen molar-refractivity contribution in [1.82, 2.24) is 0 Å². The minimum absolute atomic E-state index is 0.104. The minimum Gasteiger partial charge on any atom is -0.441 e. The Bertz CT molecular complexity index is 134. The standard InChI is InChI=1S/C4H6N2O2/c5-3-4(6)8-2-1-7-3/h1-2H,5-6H2. The third-order valence-corrected chi connectivity index (χ3v) is 0.688. The van der Waals surface area contributed by atoms with E-state index in [0.717, 1.165) is 0 Å². The molecule has 44 valence electrons. The zero-order chi connectivity index (χ0) is 5.98. The fourth-order valence-electron chi connectivity index (χ4n) is 0.318. The molecule has 0 saturated heterocycles. The van der Waals surface area contributed by atoms with Gasteiger partial charge < -0.3 is 20.9 Å². The molecule has 0 aliphatic carbocycles. The monoisotopic (exact) mass is 114 g/mol. The van der Waals surface area contributed by atoms with Crippen LogP contribution in [0.1, 0.15) is 0 Å². The van der Waals surface area contributed by atoms with Gasteiger partial charge in [-0.1, -0.05) is 0 Å². The summed E-state index contributed by atoms with van der Waals surface area (Å²) in [5, 5.41) is 0. The molecule has 0 amide bonds. The Labute approximate surface area is 46.4 Å². The molecule has 1 aliphatic rings. The lowest BCUT2D eigenvalue weighted by molar-refractivity contribution is 0.221. The first-order chi connectivity index (χ1) is 3.80. The molecule has 1 aliphatic heterocycles. The van der Waals surface area contributed by atoms with E-state index in [0.29, 0.717) is 0 Å². The summed E-state index contributed by atoms with van der Waals surface area (Å²) < 4.78 is 9.23. The molecule has 0 atom stereocenters. The lowest BCUT2D eigenvalue weighted by Crippen LogP contribution is -2.14. The highest BCUT2D eigenvalue weighted by molar-refractivity contribution is 4.98. The Morgan fingerprint density at radius 3 is 1.62 bits per heavy atom. The first-order valence-electron chi connectivity index (χ1n) is 2.04. The molecule has 0 saturated carbocycles. The molecule has 0 aromatic carbocycles. The maximum absolute atomic E-state index is 5.13. The molecule has 0 unspecified atom stereocenters. The van der Waals surface area contributed by atoms with Gasteiger partial charge in [-0.3, -0.25) is 0 Å². The molecule has 4 N–H and O–H groups in total. The minimum atomic E-state index is 0.104. The van der Waals surface area contributed by atoms with Crippen molar-refractivity contribution < 1.29 is 9.47 Å². The van der Waals surface area contributed by atoms with Crippen molar-refractivity contribution in [3.8, 4) is 0 Å². The van der Waals surface area contributed by atoms with Crippen LogP contribution in [-0.4, -0.2) is 0 Å². The van der Waals surface area contributed by atoms with Gasteiger partial charge in [-0.2, -0.15) is 0 Å². The van der Waals surface area contributed by atoms with Crippen LogP contribution in [0, 0.1) is 0 Å². The quantitative estimate of drug-likeness (QED) is 0.447. The predicted molar refractivity (Wildman–Crippen MR) is 26.7 cm³/mol. The molecule has 0 aromatic heterocycles. The second-order valence-electron chi connectivity index (χ2n) is 1.24. The smallest absolute Gasteiger partial charge is 0.251 e. The zero-order valence-electron chi connectivity index (χ0n) is 4.13. The van der Waals surface area contributed by atoms with Crippen LogP contribution >= 0.6 is 0 Å². The van der Waals surface area contributed by atoms with Gasteiger partial charge in [0.05, 0.1) is 0 Å². The Hall–Kier alpha value is -1.32. The average molecular weight is 114 g/mol. The van der Waals surface area contributed by atoms with Crippen LogP contribution in [0.25, 0.3) is 0 Å². The summed E-state index contributed by atoms with van der Waals surface area (Å²) in [6.07, 6.45) is 2.62. The van der Waals surface area contributed by atoms with E-state index in [4.69, 9.17) is 11.5 Å². The molecule has 1 heterocycles. The van der Waals surface area contributed by atoms with Crippen LogP contribution < -0.4 is 11.5 Å². The van der Waals surface area contributed by atoms with Gasteiger partial charge in [-0.15, -0.1) is 0 Å². The highest BCUT2D eigenvalue weighted by atomic mass is 16.6. The lowest BCUT2D eigenvalue weighted by Gasteiger charge is -2.07. The molecule has 0 radical (unpaired) electrons. The molecule has 8 heavy (non-hydrogen) atoms. The predicted octanol–water partition coefficient (Wildman–Crippen LogP) is -0.452. The van der Waals surface area contributed by atoms with Crippen molar-refractivity contribution >= 4 is 0 Å². The second kappa shape index (κ2) is 1.65. The van der Waals surface area contributed by atoms with Gasteiger partial charge in [0, 0.05) is 0 Å². The molecule has 0 spiro atoms.